The smallest absolute Gasteiger partial charge is 0.180 e. The van der Waals surface area contributed by atoms with Gasteiger partial charge in [-0.05, 0) is 18.2 Å². The monoisotopic (exact) mass is 259 g/mol. The van der Waals surface area contributed by atoms with E-state index >= 15 is 0 Å². The van der Waals surface area contributed by atoms with Gasteiger partial charge in [0, 0.05) is 12.0 Å². The third-order valence-corrected chi connectivity index (χ3v) is 2.70. The fraction of sp³-hybridized carbons (Fsp3) is 0.200. The fourth-order valence-electron chi connectivity index (χ4n) is 1.59. The molecule has 0 radical (unpaired) electrons. The number of rotatable bonds is 5. The standard InChI is InChI=1S/C15H14FNO2/c1-2-15(18)14-8-7-12(9-17-14)19-10-11-5-3-4-6-13(11)16/h3-9H,2,10H2,1H3. The summed E-state index contributed by atoms with van der Waals surface area (Å²) in [5, 5.41) is 0. The molecule has 2 rings (SSSR count). The van der Waals surface area contributed by atoms with Crippen molar-refractivity contribution in [3.05, 3.63) is 59.7 Å². The topological polar surface area (TPSA) is 39.2 Å². The zero-order valence-corrected chi connectivity index (χ0v) is 10.6. The molecule has 2 aromatic rings. The highest BCUT2D eigenvalue weighted by Gasteiger charge is 2.05. The number of nitrogens with zero attached hydrogens (tertiary/aromatic N) is 1. The Labute approximate surface area is 111 Å². The minimum atomic E-state index is -0.298. The van der Waals surface area contributed by atoms with Gasteiger partial charge in [0.05, 0.1) is 6.20 Å². The van der Waals surface area contributed by atoms with Gasteiger partial charge >= 0.3 is 0 Å². The van der Waals surface area contributed by atoms with Gasteiger partial charge in [-0.1, -0.05) is 25.1 Å². The van der Waals surface area contributed by atoms with Crippen molar-refractivity contribution in [2.75, 3.05) is 0 Å². The van der Waals surface area contributed by atoms with E-state index in [4.69, 9.17) is 4.74 Å². The first kappa shape index (κ1) is 13.2. The molecule has 0 N–H and O–H groups in total. The van der Waals surface area contributed by atoms with Crippen LogP contribution in [0.25, 0.3) is 0 Å². The lowest BCUT2D eigenvalue weighted by Crippen LogP contribution is -2.02. The summed E-state index contributed by atoms with van der Waals surface area (Å²) in [6, 6.07) is 9.71. The number of hydrogen-bond donors (Lipinski definition) is 0. The van der Waals surface area contributed by atoms with Crippen molar-refractivity contribution in [1.82, 2.24) is 4.98 Å². The molecular weight excluding hydrogens is 245 g/mol. The van der Waals surface area contributed by atoms with Crippen LogP contribution in [0.15, 0.2) is 42.6 Å². The first-order chi connectivity index (χ1) is 9.20. The number of pyridine rings is 1. The maximum absolute atomic E-state index is 13.4. The van der Waals surface area contributed by atoms with E-state index in [2.05, 4.69) is 4.98 Å². The molecule has 0 aliphatic carbocycles. The molecule has 4 heteroatoms. The van der Waals surface area contributed by atoms with Gasteiger partial charge in [0.2, 0.25) is 0 Å². The molecule has 3 nitrogen and oxygen atoms in total. The summed E-state index contributed by atoms with van der Waals surface area (Å²) in [4.78, 5) is 15.4. The van der Waals surface area contributed by atoms with E-state index < -0.39 is 0 Å². The number of Topliss-reactive ketones (excluding diaryl/α,β-unsaturated/α-hetero) is 1. The molecule has 0 amide bonds. The molecule has 0 spiro atoms. The molecule has 0 atom stereocenters. The molecule has 0 fully saturated rings. The molecule has 19 heavy (non-hydrogen) atoms. The van der Waals surface area contributed by atoms with Crippen LogP contribution in [0.2, 0.25) is 0 Å². The predicted molar refractivity (Wildman–Crippen MR) is 69.6 cm³/mol. The second-order valence-electron chi connectivity index (χ2n) is 4.04. The molecule has 1 aromatic carbocycles. The Morgan fingerprint density at radius 2 is 2.05 bits per heavy atom. The number of benzene rings is 1. The van der Waals surface area contributed by atoms with Crippen molar-refractivity contribution in [2.45, 2.75) is 20.0 Å². The van der Waals surface area contributed by atoms with E-state index in [1.165, 1.54) is 12.3 Å². The zero-order valence-electron chi connectivity index (χ0n) is 10.6. The Kier molecular flexibility index (Phi) is 4.23. The lowest BCUT2D eigenvalue weighted by atomic mass is 10.2. The van der Waals surface area contributed by atoms with Crippen LogP contribution in [0.4, 0.5) is 4.39 Å². The lowest BCUT2D eigenvalue weighted by molar-refractivity contribution is 0.0983. The maximum Gasteiger partial charge on any atom is 0.180 e. The van der Waals surface area contributed by atoms with Crippen LogP contribution in [0.5, 0.6) is 5.75 Å². The van der Waals surface area contributed by atoms with Crippen LogP contribution in [0.3, 0.4) is 0 Å². The summed E-state index contributed by atoms with van der Waals surface area (Å²) >= 11 is 0. The largest absolute Gasteiger partial charge is 0.487 e. The van der Waals surface area contributed by atoms with Gasteiger partial charge in [0.15, 0.2) is 5.78 Å². The quantitative estimate of drug-likeness (QED) is 0.772. The average molecular weight is 259 g/mol. The summed E-state index contributed by atoms with van der Waals surface area (Å²) in [6.07, 6.45) is 1.90. The normalized spacial score (nSPS) is 10.2. The van der Waals surface area contributed by atoms with Gasteiger partial charge < -0.3 is 4.74 Å². The van der Waals surface area contributed by atoms with Gasteiger partial charge in [-0.15, -0.1) is 0 Å². The zero-order chi connectivity index (χ0) is 13.7. The first-order valence-electron chi connectivity index (χ1n) is 6.06. The van der Waals surface area contributed by atoms with Crippen molar-refractivity contribution < 1.29 is 13.9 Å². The number of ether oxygens (including phenoxy) is 1. The van der Waals surface area contributed by atoms with E-state index in [9.17, 15) is 9.18 Å². The summed E-state index contributed by atoms with van der Waals surface area (Å²) in [7, 11) is 0. The van der Waals surface area contributed by atoms with Crippen molar-refractivity contribution in [1.29, 1.82) is 0 Å². The number of carbonyl (C=O) groups excluding carboxylic acids is 1. The number of carbonyl (C=O) groups is 1. The Hall–Kier alpha value is -2.23. The summed E-state index contributed by atoms with van der Waals surface area (Å²) < 4.78 is 18.8. The van der Waals surface area contributed by atoms with Crippen molar-refractivity contribution >= 4 is 5.78 Å². The van der Waals surface area contributed by atoms with Crippen molar-refractivity contribution in [3.8, 4) is 5.75 Å². The summed E-state index contributed by atoms with van der Waals surface area (Å²) in [6.45, 7) is 1.92. The highest BCUT2D eigenvalue weighted by Crippen LogP contribution is 2.14. The molecular formula is C15H14FNO2. The van der Waals surface area contributed by atoms with Crippen LogP contribution in [0, 0.1) is 5.82 Å². The highest BCUT2D eigenvalue weighted by molar-refractivity contribution is 5.93. The van der Waals surface area contributed by atoms with Crippen LogP contribution in [0.1, 0.15) is 29.4 Å². The Bertz CT molecular complexity index is 567. The average Bonchev–Trinajstić information content (AvgIpc) is 2.46. The Morgan fingerprint density at radius 3 is 2.68 bits per heavy atom. The van der Waals surface area contributed by atoms with Gasteiger partial charge in [-0.2, -0.15) is 0 Å². The summed E-state index contributed by atoms with van der Waals surface area (Å²) in [5.74, 6) is 0.199. The lowest BCUT2D eigenvalue weighted by Gasteiger charge is -2.07. The molecule has 1 aromatic heterocycles. The highest BCUT2D eigenvalue weighted by atomic mass is 19.1. The van der Waals surface area contributed by atoms with Crippen LogP contribution in [-0.2, 0) is 6.61 Å². The first-order valence-corrected chi connectivity index (χ1v) is 6.06. The second-order valence-corrected chi connectivity index (χ2v) is 4.04. The van der Waals surface area contributed by atoms with E-state index in [0.717, 1.165) is 0 Å². The number of halogens is 1. The third kappa shape index (κ3) is 3.37. The van der Waals surface area contributed by atoms with Gasteiger partial charge in [0.25, 0.3) is 0 Å². The van der Waals surface area contributed by atoms with E-state index in [1.54, 1.807) is 37.3 Å². The molecule has 0 bridgehead atoms. The maximum atomic E-state index is 13.4. The van der Waals surface area contributed by atoms with Crippen LogP contribution >= 0.6 is 0 Å². The van der Waals surface area contributed by atoms with E-state index in [0.29, 0.717) is 23.4 Å². The Morgan fingerprint density at radius 1 is 1.26 bits per heavy atom. The number of aromatic nitrogens is 1. The number of ketones is 1. The predicted octanol–water partition coefficient (Wildman–Crippen LogP) is 3.39. The van der Waals surface area contributed by atoms with Gasteiger partial charge in [0.1, 0.15) is 23.9 Å². The van der Waals surface area contributed by atoms with E-state index in [1.807, 2.05) is 0 Å². The molecule has 0 aliphatic heterocycles. The van der Waals surface area contributed by atoms with Gasteiger partial charge in [-0.25, -0.2) is 9.37 Å². The molecule has 0 aliphatic rings. The second kappa shape index (κ2) is 6.09. The van der Waals surface area contributed by atoms with Crippen LogP contribution < -0.4 is 4.74 Å². The SMILES string of the molecule is CCC(=O)c1ccc(OCc2ccccc2F)cn1. The summed E-state index contributed by atoms with van der Waals surface area (Å²) in [5.41, 5.74) is 0.900. The van der Waals surface area contributed by atoms with Crippen molar-refractivity contribution in [2.24, 2.45) is 0 Å². The van der Waals surface area contributed by atoms with E-state index in [-0.39, 0.29) is 18.2 Å². The third-order valence-electron chi connectivity index (χ3n) is 2.70. The fourth-order valence-corrected chi connectivity index (χ4v) is 1.59. The Balaban J connectivity index is 2.01. The molecule has 0 saturated heterocycles. The van der Waals surface area contributed by atoms with Crippen molar-refractivity contribution in [3.63, 3.8) is 0 Å². The van der Waals surface area contributed by atoms with Gasteiger partial charge in [-0.3, -0.25) is 4.79 Å². The molecule has 1 heterocycles. The van der Waals surface area contributed by atoms with Crippen LogP contribution in [-0.4, -0.2) is 10.8 Å². The minimum absolute atomic E-state index is 0.0133. The molecule has 0 saturated carbocycles. The number of hydrogen-bond acceptors (Lipinski definition) is 3. The minimum Gasteiger partial charge on any atom is -0.487 e. The molecule has 0 unspecified atom stereocenters. The molecule has 98 valence electrons.